The fraction of sp³-hybridized carbons (Fsp3) is 0.769. The van der Waals surface area contributed by atoms with Gasteiger partial charge in [0.25, 0.3) is 0 Å². The zero-order valence-corrected chi connectivity index (χ0v) is 11.5. The van der Waals surface area contributed by atoms with E-state index in [1.807, 2.05) is 5.38 Å². The molecule has 0 unspecified atom stereocenters. The number of hydrogen-bond donors (Lipinski definition) is 1. The van der Waals surface area contributed by atoms with E-state index in [-0.39, 0.29) is 6.61 Å². The van der Waals surface area contributed by atoms with Gasteiger partial charge in [-0.3, -0.25) is 0 Å². The van der Waals surface area contributed by atoms with Gasteiger partial charge in [0.05, 0.1) is 17.3 Å². The summed E-state index contributed by atoms with van der Waals surface area (Å²) in [5.74, 6) is 0.780. The lowest BCUT2D eigenvalue weighted by atomic mass is 9.93. The number of piperidine rings is 1. The van der Waals surface area contributed by atoms with Gasteiger partial charge in [-0.05, 0) is 45.7 Å². The zero-order chi connectivity index (χ0) is 12.3. The monoisotopic (exact) mass is 254 g/mol. The van der Waals surface area contributed by atoms with Crippen molar-refractivity contribution in [3.05, 3.63) is 16.1 Å². The van der Waals surface area contributed by atoms with Crippen LogP contribution in [0.25, 0.3) is 0 Å². The lowest BCUT2D eigenvalue weighted by Gasteiger charge is -2.34. The van der Waals surface area contributed by atoms with Gasteiger partial charge in [0.1, 0.15) is 0 Å². The molecule has 0 spiro atoms. The minimum Gasteiger partial charge on any atom is -0.390 e. The van der Waals surface area contributed by atoms with Crippen molar-refractivity contribution < 1.29 is 5.11 Å². The van der Waals surface area contributed by atoms with Crippen LogP contribution >= 0.6 is 11.3 Å². The number of rotatable bonds is 4. The molecule has 1 saturated heterocycles. The summed E-state index contributed by atoms with van der Waals surface area (Å²) in [6, 6.07) is 0.678. The zero-order valence-electron chi connectivity index (χ0n) is 10.7. The average molecular weight is 254 g/mol. The Bertz CT molecular complexity index is 343. The number of aliphatic hydroxyl groups excluding tert-OH is 1. The van der Waals surface area contributed by atoms with Crippen LogP contribution in [0.4, 0.5) is 0 Å². The largest absolute Gasteiger partial charge is 0.390 e. The Hall–Kier alpha value is -0.450. The van der Waals surface area contributed by atoms with E-state index >= 15 is 0 Å². The Kier molecular flexibility index (Phi) is 4.54. The van der Waals surface area contributed by atoms with Gasteiger partial charge in [0.15, 0.2) is 0 Å². The van der Waals surface area contributed by atoms with E-state index in [9.17, 15) is 0 Å². The number of thiazole rings is 1. The van der Waals surface area contributed by atoms with Gasteiger partial charge < -0.3 is 10.0 Å². The Morgan fingerprint density at radius 2 is 2.18 bits per heavy atom. The first-order valence-electron chi connectivity index (χ1n) is 6.47. The van der Waals surface area contributed by atoms with Crippen molar-refractivity contribution in [1.29, 1.82) is 0 Å². The molecule has 1 aromatic rings. The Morgan fingerprint density at radius 3 is 2.71 bits per heavy atom. The second-order valence-electron chi connectivity index (χ2n) is 5.17. The van der Waals surface area contributed by atoms with E-state index in [1.165, 1.54) is 30.9 Å². The molecule has 1 N–H and O–H groups in total. The fourth-order valence-electron chi connectivity index (χ4n) is 2.44. The molecule has 4 heteroatoms. The smallest absolute Gasteiger partial charge is 0.0932 e. The maximum Gasteiger partial charge on any atom is 0.0932 e. The number of hydrogen-bond acceptors (Lipinski definition) is 4. The van der Waals surface area contributed by atoms with Crippen molar-refractivity contribution in [2.24, 2.45) is 5.92 Å². The van der Waals surface area contributed by atoms with Gasteiger partial charge in [0, 0.05) is 17.8 Å². The summed E-state index contributed by atoms with van der Waals surface area (Å²) in [7, 11) is 0. The van der Waals surface area contributed by atoms with Crippen molar-refractivity contribution >= 4 is 11.3 Å². The minimum absolute atomic E-state index is 0.0717. The molecule has 2 heterocycles. The highest BCUT2D eigenvalue weighted by molar-refractivity contribution is 7.09. The van der Waals surface area contributed by atoms with Crippen molar-refractivity contribution in [1.82, 2.24) is 9.88 Å². The topological polar surface area (TPSA) is 36.4 Å². The number of likely N-dealkylation sites (tertiary alicyclic amines) is 1. The molecule has 1 aliphatic rings. The van der Waals surface area contributed by atoms with Crippen LogP contribution in [-0.2, 0) is 13.0 Å². The SMILES string of the molecule is CC(C)N1CCC(Cc2nc(CO)cs2)CC1. The molecule has 0 atom stereocenters. The molecule has 1 fully saturated rings. The molecule has 1 aliphatic heterocycles. The quantitative estimate of drug-likeness (QED) is 0.895. The predicted molar refractivity (Wildman–Crippen MR) is 71.2 cm³/mol. The molecule has 2 rings (SSSR count). The van der Waals surface area contributed by atoms with Crippen molar-refractivity contribution in [3.63, 3.8) is 0 Å². The first-order chi connectivity index (χ1) is 8.19. The van der Waals surface area contributed by atoms with Crippen LogP contribution in [0.5, 0.6) is 0 Å². The maximum atomic E-state index is 8.99. The van der Waals surface area contributed by atoms with E-state index in [0.29, 0.717) is 6.04 Å². The minimum atomic E-state index is 0.0717. The Morgan fingerprint density at radius 1 is 1.47 bits per heavy atom. The molecular formula is C13H22N2OS. The van der Waals surface area contributed by atoms with E-state index in [1.54, 1.807) is 11.3 Å². The van der Waals surface area contributed by atoms with Gasteiger partial charge in [0.2, 0.25) is 0 Å². The lowest BCUT2D eigenvalue weighted by molar-refractivity contribution is 0.149. The predicted octanol–water partition coefficient (Wildman–Crippen LogP) is 2.30. The third-order valence-electron chi connectivity index (χ3n) is 3.60. The molecule has 17 heavy (non-hydrogen) atoms. The molecule has 0 saturated carbocycles. The highest BCUT2D eigenvalue weighted by atomic mass is 32.1. The van der Waals surface area contributed by atoms with Crippen LogP contribution in [0.1, 0.15) is 37.4 Å². The number of aromatic nitrogens is 1. The van der Waals surface area contributed by atoms with E-state index in [0.717, 1.165) is 18.0 Å². The normalized spacial score (nSPS) is 19.1. The standard InChI is InChI=1S/C13H22N2OS/c1-10(2)15-5-3-11(4-6-15)7-13-14-12(8-16)9-17-13/h9-11,16H,3-8H2,1-2H3. The molecule has 3 nitrogen and oxygen atoms in total. The van der Waals surface area contributed by atoms with Gasteiger partial charge >= 0.3 is 0 Å². The van der Waals surface area contributed by atoms with Gasteiger partial charge in [-0.1, -0.05) is 0 Å². The molecule has 96 valence electrons. The summed E-state index contributed by atoms with van der Waals surface area (Å²) in [6.07, 6.45) is 3.66. The van der Waals surface area contributed by atoms with E-state index < -0.39 is 0 Å². The molecule has 0 aliphatic carbocycles. The average Bonchev–Trinajstić information content (AvgIpc) is 2.77. The Balaban J connectivity index is 1.81. The first kappa shape index (κ1) is 13.0. The van der Waals surface area contributed by atoms with Gasteiger partial charge in [-0.25, -0.2) is 4.98 Å². The van der Waals surface area contributed by atoms with Crippen LogP contribution in [0.2, 0.25) is 0 Å². The third-order valence-corrected chi connectivity index (χ3v) is 4.52. The third kappa shape index (κ3) is 3.50. The van der Waals surface area contributed by atoms with Gasteiger partial charge in [-0.2, -0.15) is 0 Å². The molecule has 0 bridgehead atoms. The van der Waals surface area contributed by atoms with Gasteiger partial charge in [-0.15, -0.1) is 11.3 Å². The van der Waals surface area contributed by atoms with Crippen LogP contribution < -0.4 is 0 Å². The van der Waals surface area contributed by atoms with Crippen LogP contribution in [0, 0.1) is 5.92 Å². The summed E-state index contributed by atoms with van der Waals surface area (Å²) in [5.41, 5.74) is 0.824. The van der Waals surface area contributed by atoms with Crippen LogP contribution in [0.15, 0.2) is 5.38 Å². The highest BCUT2D eigenvalue weighted by Gasteiger charge is 2.21. The highest BCUT2D eigenvalue weighted by Crippen LogP contribution is 2.24. The van der Waals surface area contributed by atoms with Crippen molar-refractivity contribution in [2.45, 2.75) is 45.8 Å². The second-order valence-corrected chi connectivity index (χ2v) is 6.11. The molecular weight excluding hydrogens is 232 g/mol. The summed E-state index contributed by atoms with van der Waals surface area (Å²) in [4.78, 5) is 6.98. The number of aliphatic hydroxyl groups is 1. The first-order valence-corrected chi connectivity index (χ1v) is 7.35. The van der Waals surface area contributed by atoms with Crippen molar-refractivity contribution in [2.75, 3.05) is 13.1 Å². The van der Waals surface area contributed by atoms with Crippen LogP contribution in [-0.4, -0.2) is 34.1 Å². The Labute approximate surface area is 107 Å². The van der Waals surface area contributed by atoms with E-state index in [4.69, 9.17) is 5.11 Å². The lowest BCUT2D eigenvalue weighted by Crippen LogP contribution is -2.38. The van der Waals surface area contributed by atoms with Crippen molar-refractivity contribution in [3.8, 4) is 0 Å². The number of nitrogens with zero attached hydrogens (tertiary/aromatic N) is 2. The second kappa shape index (κ2) is 5.94. The molecule has 1 aromatic heterocycles. The summed E-state index contributed by atoms with van der Waals surface area (Å²) >= 11 is 1.69. The molecule has 0 radical (unpaired) electrons. The summed E-state index contributed by atoms with van der Waals surface area (Å²) in [5, 5.41) is 12.2. The molecule has 0 amide bonds. The summed E-state index contributed by atoms with van der Waals surface area (Å²) < 4.78 is 0. The maximum absolute atomic E-state index is 8.99. The van der Waals surface area contributed by atoms with Crippen LogP contribution in [0.3, 0.4) is 0 Å². The van der Waals surface area contributed by atoms with E-state index in [2.05, 4.69) is 23.7 Å². The molecule has 0 aromatic carbocycles. The fourth-order valence-corrected chi connectivity index (χ4v) is 3.34. The summed E-state index contributed by atoms with van der Waals surface area (Å²) in [6.45, 7) is 7.06.